The highest BCUT2D eigenvalue weighted by atomic mass is 19.1. The molecule has 34 heavy (non-hydrogen) atoms. The molecule has 0 aliphatic carbocycles. The molecule has 11 heteroatoms. The number of halogens is 1. The van der Waals surface area contributed by atoms with Gasteiger partial charge in [-0.3, -0.25) is 14.5 Å². The van der Waals surface area contributed by atoms with Gasteiger partial charge in [-0.15, -0.1) is 0 Å². The Morgan fingerprint density at radius 3 is 2.06 bits per heavy atom. The molecule has 1 aliphatic rings. The molecule has 2 aromatic carbocycles. The van der Waals surface area contributed by atoms with Gasteiger partial charge in [0.1, 0.15) is 17.9 Å². The Hall–Kier alpha value is -4.28. The molecular formula is C23H22FN3O7. The van der Waals surface area contributed by atoms with Crippen molar-refractivity contribution in [3.63, 3.8) is 0 Å². The summed E-state index contributed by atoms with van der Waals surface area (Å²) < 4.78 is 22.6. The number of ether oxygens (including phenoxy) is 2. The SMILES string of the molecule is CCC1(c2ccc(F)cc2)NC(=O)N(CC(=O)Nc2cc(C(=O)OC)cc(C(=O)OC)c2)C1=O. The smallest absolute Gasteiger partial charge is 0.337 e. The molecule has 1 unspecified atom stereocenters. The minimum Gasteiger partial charge on any atom is -0.465 e. The zero-order valence-corrected chi connectivity index (χ0v) is 18.6. The van der Waals surface area contributed by atoms with Crippen LogP contribution in [0.1, 0.15) is 39.6 Å². The first-order valence-electron chi connectivity index (χ1n) is 10.2. The Morgan fingerprint density at radius 1 is 1.00 bits per heavy atom. The lowest BCUT2D eigenvalue weighted by Crippen LogP contribution is -2.44. The molecule has 0 saturated carbocycles. The number of methoxy groups -OCH3 is 2. The van der Waals surface area contributed by atoms with Gasteiger partial charge in [0.15, 0.2) is 0 Å². The second kappa shape index (κ2) is 9.69. The number of carbonyl (C=O) groups is 5. The van der Waals surface area contributed by atoms with Gasteiger partial charge in [0.25, 0.3) is 5.91 Å². The molecule has 0 spiro atoms. The van der Waals surface area contributed by atoms with Gasteiger partial charge >= 0.3 is 18.0 Å². The first-order chi connectivity index (χ1) is 16.1. The average molecular weight is 471 g/mol. The highest BCUT2D eigenvalue weighted by Gasteiger charge is 2.51. The van der Waals surface area contributed by atoms with E-state index in [1.165, 1.54) is 42.5 Å². The number of carbonyl (C=O) groups excluding carboxylic acids is 5. The van der Waals surface area contributed by atoms with Crippen LogP contribution in [0.4, 0.5) is 14.9 Å². The van der Waals surface area contributed by atoms with Crippen molar-refractivity contribution < 1.29 is 37.8 Å². The number of nitrogens with zero attached hydrogens (tertiary/aromatic N) is 1. The van der Waals surface area contributed by atoms with Gasteiger partial charge in [0, 0.05) is 5.69 Å². The van der Waals surface area contributed by atoms with Crippen LogP contribution in [-0.2, 0) is 24.6 Å². The fourth-order valence-corrected chi connectivity index (χ4v) is 3.66. The molecule has 3 rings (SSSR count). The fourth-order valence-electron chi connectivity index (χ4n) is 3.66. The van der Waals surface area contributed by atoms with E-state index in [2.05, 4.69) is 20.1 Å². The quantitative estimate of drug-likeness (QED) is 0.467. The molecule has 1 fully saturated rings. The number of benzene rings is 2. The van der Waals surface area contributed by atoms with Crippen molar-refractivity contribution in [2.24, 2.45) is 0 Å². The largest absolute Gasteiger partial charge is 0.465 e. The summed E-state index contributed by atoms with van der Waals surface area (Å²) in [7, 11) is 2.31. The molecule has 1 aliphatic heterocycles. The lowest BCUT2D eigenvalue weighted by Gasteiger charge is -2.25. The summed E-state index contributed by atoms with van der Waals surface area (Å²) in [5.41, 5.74) is -1.03. The first kappa shape index (κ1) is 24.4. The second-order valence-corrected chi connectivity index (χ2v) is 7.42. The number of rotatable bonds is 7. The molecule has 178 valence electrons. The Kier molecular flexibility index (Phi) is 6.94. The van der Waals surface area contributed by atoms with Gasteiger partial charge in [-0.25, -0.2) is 18.8 Å². The first-order valence-corrected chi connectivity index (χ1v) is 10.2. The van der Waals surface area contributed by atoms with Crippen LogP contribution < -0.4 is 10.6 Å². The van der Waals surface area contributed by atoms with Crippen LogP contribution in [-0.4, -0.2) is 55.4 Å². The van der Waals surface area contributed by atoms with E-state index in [9.17, 15) is 28.4 Å². The van der Waals surface area contributed by atoms with Gasteiger partial charge in [-0.1, -0.05) is 19.1 Å². The lowest BCUT2D eigenvalue weighted by atomic mass is 9.87. The second-order valence-electron chi connectivity index (χ2n) is 7.42. The summed E-state index contributed by atoms with van der Waals surface area (Å²) in [6.07, 6.45) is 0.172. The van der Waals surface area contributed by atoms with Crippen molar-refractivity contribution in [1.29, 1.82) is 0 Å². The van der Waals surface area contributed by atoms with Crippen LogP contribution >= 0.6 is 0 Å². The van der Waals surface area contributed by atoms with E-state index in [1.54, 1.807) is 6.92 Å². The molecule has 1 atom stereocenters. The summed E-state index contributed by atoms with van der Waals surface area (Å²) >= 11 is 0. The van der Waals surface area contributed by atoms with Crippen LogP contribution in [0.15, 0.2) is 42.5 Å². The van der Waals surface area contributed by atoms with Crippen molar-refractivity contribution in [2.75, 3.05) is 26.1 Å². The number of hydrogen-bond acceptors (Lipinski definition) is 7. The molecule has 0 aromatic heterocycles. The third kappa shape index (κ3) is 4.58. The molecular weight excluding hydrogens is 449 g/mol. The minimum absolute atomic E-state index is 0.0167. The van der Waals surface area contributed by atoms with Gasteiger partial charge < -0.3 is 20.1 Å². The van der Waals surface area contributed by atoms with Gasteiger partial charge in [-0.2, -0.15) is 0 Å². The van der Waals surface area contributed by atoms with E-state index in [0.29, 0.717) is 5.56 Å². The average Bonchev–Trinajstić information content (AvgIpc) is 3.08. The maximum Gasteiger partial charge on any atom is 0.337 e. The Bertz CT molecular complexity index is 1130. The number of nitrogens with one attached hydrogen (secondary N) is 2. The van der Waals surface area contributed by atoms with Crippen LogP contribution in [0.25, 0.3) is 0 Å². The molecule has 4 amide bonds. The topological polar surface area (TPSA) is 131 Å². The van der Waals surface area contributed by atoms with Crippen LogP contribution in [0, 0.1) is 5.82 Å². The predicted octanol–water partition coefficient (Wildman–Crippen LogP) is 2.19. The van der Waals surface area contributed by atoms with E-state index in [0.717, 1.165) is 19.1 Å². The van der Waals surface area contributed by atoms with Gasteiger partial charge in [-0.05, 0) is 42.3 Å². The van der Waals surface area contributed by atoms with Crippen LogP contribution in [0.3, 0.4) is 0 Å². The van der Waals surface area contributed by atoms with E-state index in [4.69, 9.17) is 0 Å². The number of anilines is 1. The zero-order chi connectivity index (χ0) is 25.0. The highest BCUT2D eigenvalue weighted by molar-refractivity contribution is 6.10. The van der Waals surface area contributed by atoms with Gasteiger partial charge in [0.05, 0.1) is 25.3 Å². The third-order valence-corrected chi connectivity index (χ3v) is 5.40. The highest BCUT2D eigenvalue weighted by Crippen LogP contribution is 2.32. The summed E-state index contributed by atoms with van der Waals surface area (Å²) in [5, 5.41) is 5.06. The molecule has 0 bridgehead atoms. The number of hydrogen-bond donors (Lipinski definition) is 2. The lowest BCUT2D eigenvalue weighted by molar-refractivity contribution is -0.134. The van der Waals surface area contributed by atoms with Crippen molar-refractivity contribution >= 4 is 35.5 Å². The van der Waals surface area contributed by atoms with Crippen LogP contribution in [0.5, 0.6) is 0 Å². The normalized spacial score (nSPS) is 17.2. The van der Waals surface area contributed by atoms with Crippen molar-refractivity contribution in [3.8, 4) is 0 Å². The van der Waals surface area contributed by atoms with Crippen LogP contribution in [0.2, 0.25) is 0 Å². The molecule has 1 saturated heterocycles. The van der Waals surface area contributed by atoms with Crippen molar-refractivity contribution in [2.45, 2.75) is 18.9 Å². The molecule has 0 radical (unpaired) electrons. The van der Waals surface area contributed by atoms with E-state index in [-0.39, 0.29) is 23.2 Å². The number of imide groups is 1. The number of urea groups is 1. The van der Waals surface area contributed by atoms with E-state index >= 15 is 0 Å². The molecule has 2 N–H and O–H groups in total. The summed E-state index contributed by atoms with van der Waals surface area (Å²) in [6, 6.07) is 8.14. The van der Waals surface area contributed by atoms with Crippen molar-refractivity contribution in [1.82, 2.24) is 10.2 Å². The Labute approximate surface area is 194 Å². The summed E-state index contributed by atoms with van der Waals surface area (Å²) in [4.78, 5) is 63.0. The summed E-state index contributed by atoms with van der Waals surface area (Å²) in [6.45, 7) is 1.04. The minimum atomic E-state index is -1.44. The summed E-state index contributed by atoms with van der Waals surface area (Å²) in [5.74, 6) is -3.42. The Balaban J connectivity index is 1.82. The van der Waals surface area contributed by atoms with Crippen molar-refractivity contribution in [3.05, 3.63) is 65.0 Å². The number of esters is 2. The predicted molar refractivity (Wildman–Crippen MR) is 116 cm³/mol. The van der Waals surface area contributed by atoms with Gasteiger partial charge in [0.2, 0.25) is 5.91 Å². The van der Waals surface area contributed by atoms with E-state index < -0.39 is 47.7 Å². The Morgan fingerprint density at radius 2 is 1.56 bits per heavy atom. The maximum atomic E-state index is 13.3. The number of amides is 4. The molecule has 1 heterocycles. The monoisotopic (exact) mass is 471 g/mol. The third-order valence-electron chi connectivity index (χ3n) is 5.40. The fraction of sp³-hybridized carbons (Fsp3) is 0.261. The molecule has 10 nitrogen and oxygen atoms in total. The molecule has 2 aromatic rings. The standard InChI is InChI=1S/C23H22FN3O7/c1-4-23(15-5-7-16(24)8-6-15)21(31)27(22(32)26-23)12-18(28)25-17-10-13(19(29)33-2)9-14(11-17)20(30)34-3/h5-11H,4,12H2,1-3H3,(H,25,28)(H,26,32). The maximum absolute atomic E-state index is 13.3. The zero-order valence-electron chi connectivity index (χ0n) is 18.6. The van der Waals surface area contributed by atoms with E-state index in [1.807, 2.05) is 0 Å².